The summed E-state index contributed by atoms with van der Waals surface area (Å²) in [5, 5.41) is 0. The van der Waals surface area contributed by atoms with Gasteiger partial charge < -0.3 is 15.2 Å². The minimum absolute atomic E-state index is 0.0461. The summed E-state index contributed by atoms with van der Waals surface area (Å²) in [5.41, 5.74) is 10.6. The van der Waals surface area contributed by atoms with Gasteiger partial charge in [-0.05, 0) is 61.2 Å². The molecule has 0 amide bonds. The Morgan fingerprint density at radius 3 is 2.24 bits per heavy atom. The highest BCUT2D eigenvalue weighted by Gasteiger charge is 2.22. The van der Waals surface area contributed by atoms with E-state index in [1.807, 2.05) is 56.7 Å². The van der Waals surface area contributed by atoms with Crippen LogP contribution >= 0.6 is 0 Å². The van der Waals surface area contributed by atoms with E-state index in [1.165, 1.54) is 0 Å². The SMILES string of the molecule is Cc1ccc(C(=O)OCc2cc([CH]C(N)C(C)(C)C)ccc2OC(=O)c2cccc(C)c2)cc1. The number of hydrogen-bond acceptors (Lipinski definition) is 5. The number of carbonyl (C=O) groups excluding carboxylic acids is 2. The summed E-state index contributed by atoms with van der Waals surface area (Å²) in [5.74, 6) is -0.584. The van der Waals surface area contributed by atoms with Crippen molar-refractivity contribution in [1.29, 1.82) is 0 Å². The Balaban J connectivity index is 1.84. The van der Waals surface area contributed by atoms with Crippen LogP contribution in [-0.2, 0) is 11.3 Å². The number of rotatable bonds is 7. The molecule has 5 nitrogen and oxygen atoms in total. The van der Waals surface area contributed by atoms with Crippen LogP contribution in [0.1, 0.15) is 63.7 Å². The Labute approximate surface area is 201 Å². The third-order valence-electron chi connectivity index (χ3n) is 5.56. The van der Waals surface area contributed by atoms with Gasteiger partial charge in [-0.1, -0.05) is 62.2 Å². The largest absolute Gasteiger partial charge is 0.457 e. The standard InChI is InChI=1S/C29H32NO4/c1-19-9-12-22(13-10-19)27(31)33-18-24-16-21(17-26(30)29(3,4)5)11-14-25(24)34-28(32)23-8-6-7-20(2)15-23/h6-17,26H,18,30H2,1-5H3. The van der Waals surface area contributed by atoms with Crippen LogP contribution in [0.2, 0.25) is 0 Å². The van der Waals surface area contributed by atoms with Crippen LogP contribution in [0, 0.1) is 25.7 Å². The van der Waals surface area contributed by atoms with Crippen molar-refractivity contribution in [1.82, 2.24) is 0 Å². The van der Waals surface area contributed by atoms with E-state index in [4.69, 9.17) is 15.2 Å². The van der Waals surface area contributed by atoms with Gasteiger partial charge in [0.2, 0.25) is 0 Å². The molecule has 0 fully saturated rings. The number of aryl methyl sites for hydroxylation is 2. The Hall–Kier alpha value is -3.44. The molecule has 177 valence electrons. The highest BCUT2D eigenvalue weighted by molar-refractivity contribution is 5.91. The van der Waals surface area contributed by atoms with Crippen LogP contribution in [0.15, 0.2) is 66.7 Å². The molecule has 5 heteroatoms. The average molecular weight is 459 g/mol. The van der Waals surface area contributed by atoms with Crippen molar-refractivity contribution >= 4 is 11.9 Å². The molecule has 0 saturated heterocycles. The molecule has 0 aliphatic heterocycles. The molecule has 1 unspecified atom stereocenters. The van der Waals surface area contributed by atoms with E-state index in [1.54, 1.807) is 30.3 Å². The number of esters is 2. The summed E-state index contributed by atoms with van der Waals surface area (Å²) in [6.07, 6.45) is 1.96. The van der Waals surface area contributed by atoms with Crippen molar-refractivity contribution in [2.45, 2.75) is 47.3 Å². The first-order chi connectivity index (χ1) is 16.0. The normalized spacial score (nSPS) is 12.2. The molecule has 3 aromatic carbocycles. The molecule has 0 aliphatic carbocycles. The first kappa shape index (κ1) is 25.2. The molecule has 0 saturated carbocycles. The van der Waals surface area contributed by atoms with E-state index in [0.717, 1.165) is 16.7 Å². The monoisotopic (exact) mass is 458 g/mol. The third kappa shape index (κ3) is 6.78. The Morgan fingerprint density at radius 2 is 1.59 bits per heavy atom. The predicted octanol–water partition coefficient (Wildman–Crippen LogP) is 5.81. The lowest BCUT2D eigenvalue weighted by molar-refractivity contribution is 0.0469. The van der Waals surface area contributed by atoms with Crippen LogP contribution in [0.5, 0.6) is 5.75 Å². The summed E-state index contributed by atoms with van der Waals surface area (Å²) in [7, 11) is 0. The molecule has 0 heterocycles. The van der Waals surface area contributed by atoms with Gasteiger partial charge in [0.15, 0.2) is 0 Å². The van der Waals surface area contributed by atoms with Crippen LogP contribution in [0.25, 0.3) is 0 Å². The maximum Gasteiger partial charge on any atom is 0.343 e. The van der Waals surface area contributed by atoms with E-state index in [9.17, 15) is 9.59 Å². The lowest BCUT2D eigenvalue weighted by Gasteiger charge is -2.27. The molecule has 2 N–H and O–H groups in total. The average Bonchev–Trinajstić information content (AvgIpc) is 2.78. The molecule has 34 heavy (non-hydrogen) atoms. The van der Waals surface area contributed by atoms with Gasteiger partial charge in [-0.25, -0.2) is 9.59 Å². The zero-order chi connectivity index (χ0) is 24.9. The molecule has 0 aromatic heterocycles. The fourth-order valence-corrected chi connectivity index (χ4v) is 3.22. The maximum absolute atomic E-state index is 12.7. The topological polar surface area (TPSA) is 78.6 Å². The van der Waals surface area contributed by atoms with E-state index < -0.39 is 11.9 Å². The summed E-state index contributed by atoms with van der Waals surface area (Å²) in [6.45, 7) is 10.0. The van der Waals surface area contributed by atoms with Crippen molar-refractivity contribution < 1.29 is 19.1 Å². The molecular weight excluding hydrogens is 426 g/mol. The highest BCUT2D eigenvalue weighted by Crippen LogP contribution is 2.27. The van der Waals surface area contributed by atoms with Crippen molar-refractivity contribution in [3.05, 3.63) is 107 Å². The molecule has 3 rings (SSSR count). The number of carbonyl (C=O) groups is 2. The van der Waals surface area contributed by atoms with Crippen LogP contribution < -0.4 is 10.5 Å². The highest BCUT2D eigenvalue weighted by atomic mass is 16.5. The van der Waals surface area contributed by atoms with Gasteiger partial charge in [-0.2, -0.15) is 0 Å². The smallest absolute Gasteiger partial charge is 0.343 e. The minimum Gasteiger partial charge on any atom is -0.457 e. The van der Waals surface area contributed by atoms with Crippen LogP contribution in [0.4, 0.5) is 0 Å². The van der Waals surface area contributed by atoms with Gasteiger partial charge >= 0.3 is 11.9 Å². The zero-order valence-electron chi connectivity index (χ0n) is 20.4. The van der Waals surface area contributed by atoms with Gasteiger partial charge in [-0.3, -0.25) is 0 Å². The number of nitrogens with two attached hydrogens (primary N) is 1. The first-order valence-electron chi connectivity index (χ1n) is 11.3. The van der Waals surface area contributed by atoms with Crippen molar-refractivity contribution in [3.63, 3.8) is 0 Å². The maximum atomic E-state index is 12.7. The van der Waals surface area contributed by atoms with E-state index in [0.29, 0.717) is 22.4 Å². The second kappa shape index (κ2) is 10.7. The molecule has 1 atom stereocenters. The van der Waals surface area contributed by atoms with Crippen LogP contribution in [-0.4, -0.2) is 18.0 Å². The van der Waals surface area contributed by atoms with Gasteiger partial charge in [0.05, 0.1) is 11.1 Å². The Bertz CT molecular complexity index is 1160. The van der Waals surface area contributed by atoms with Crippen molar-refractivity contribution in [3.8, 4) is 5.75 Å². The summed E-state index contributed by atoms with van der Waals surface area (Å²) in [4.78, 5) is 25.3. The van der Waals surface area contributed by atoms with E-state index in [-0.39, 0.29) is 18.1 Å². The lowest BCUT2D eigenvalue weighted by Crippen LogP contribution is -2.35. The molecule has 0 spiro atoms. The van der Waals surface area contributed by atoms with E-state index >= 15 is 0 Å². The lowest BCUT2D eigenvalue weighted by atomic mass is 9.83. The third-order valence-corrected chi connectivity index (χ3v) is 5.56. The Morgan fingerprint density at radius 1 is 0.882 bits per heavy atom. The number of ether oxygens (including phenoxy) is 2. The quantitative estimate of drug-likeness (QED) is 0.357. The van der Waals surface area contributed by atoms with Gasteiger partial charge in [-0.15, -0.1) is 0 Å². The molecular formula is C29H32NO4. The predicted molar refractivity (Wildman–Crippen MR) is 134 cm³/mol. The first-order valence-corrected chi connectivity index (χ1v) is 11.3. The van der Waals surface area contributed by atoms with Crippen LogP contribution in [0.3, 0.4) is 0 Å². The van der Waals surface area contributed by atoms with Crippen molar-refractivity contribution in [2.75, 3.05) is 0 Å². The second-order valence-electron chi connectivity index (χ2n) is 9.63. The summed E-state index contributed by atoms with van der Waals surface area (Å²) >= 11 is 0. The summed E-state index contributed by atoms with van der Waals surface area (Å²) in [6, 6.07) is 19.6. The fourth-order valence-electron chi connectivity index (χ4n) is 3.22. The van der Waals surface area contributed by atoms with Gasteiger partial charge in [0.1, 0.15) is 12.4 Å². The summed E-state index contributed by atoms with van der Waals surface area (Å²) < 4.78 is 11.2. The van der Waals surface area contributed by atoms with Crippen molar-refractivity contribution in [2.24, 2.45) is 11.1 Å². The number of hydrogen-bond donors (Lipinski definition) is 1. The molecule has 0 bridgehead atoms. The number of benzene rings is 3. The van der Waals surface area contributed by atoms with Gasteiger partial charge in [0.25, 0.3) is 0 Å². The second-order valence-corrected chi connectivity index (χ2v) is 9.63. The fraction of sp³-hybridized carbons (Fsp3) is 0.276. The molecule has 1 radical (unpaired) electrons. The molecule has 0 aliphatic rings. The minimum atomic E-state index is -0.474. The zero-order valence-corrected chi connectivity index (χ0v) is 20.4. The molecule has 3 aromatic rings. The Kier molecular flexibility index (Phi) is 7.90. The van der Waals surface area contributed by atoms with Gasteiger partial charge in [0, 0.05) is 18.0 Å². The van der Waals surface area contributed by atoms with E-state index in [2.05, 4.69) is 20.8 Å².